The van der Waals surface area contributed by atoms with E-state index in [2.05, 4.69) is 30.1 Å². The van der Waals surface area contributed by atoms with E-state index in [-0.39, 0.29) is 6.10 Å². The van der Waals surface area contributed by atoms with Gasteiger partial charge in [0.15, 0.2) is 0 Å². The van der Waals surface area contributed by atoms with Crippen molar-refractivity contribution in [2.24, 2.45) is 0 Å². The molecule has 1 aliphatic heterocycles. The van der Waals surface area contributed by atoms with Gasteiger partial charge in [0, 0.05) is 26.2 Å². The van der Waals surface area contributed by atoms with Gasteiger partial charge in [-0.05, 0) is 25.0 Å². The zero-order valence-corrected chi connectivity index (χ0v) is 13.5. The summed E-state index contributed by atoms with van der Waals surface area (Å²) in [6.07, 6.45) is 2.52. The fraction of sp³-hybridized carbons (Fsp3) is 0.647. The van der Waals surface area contributed by atoms with Crippen molar-refractivity contribution in [1.82, 2.24) is 4.90 Å². The van der Waals surface area contributed by atoms with Crippen LogP contribution < -0.4 is 10.1 Å². The second kappa shape index (κ2) is 8.25. The molecule has 0 fully saturated rings. The highest BCUT2D eigenvalue weighted by Crippen LogP contribution is 2.28. The van der Waals surface area contributed by atoms with Crippen LogP contribution in [0.1, 0.15) is 26.7 Å². The monoisotopic (exact) mass is 292 g/mol. The van der Waals surface area contributed by atoms with E-state index in [0.717, 1.165) is 50.5 Å². The minimum Gasteiger partial charge on any atom is -0.485 e. The largest absolute Gasteiger partial charge is 0.485 e. The number of rotatable bonds is 8. The van der Waals surface area contributed by atoms with E-state index in [0.29, 0.717) is 6.04 Å². The van der Waals surface area contributed by atoms with Crippen LogP contribution in [-0.2, 0) is 4.74 Å². The molecule has 0 aromatic heterocycles. The van der Waals surface area contributed by atoms with Gasteiger partial charge in [0.25, 0.3) is 0 Å². The van der Waals surface area contributed by atoms with E-state index in [1.165, 1.54) is 0 Å². The number of nitrogens with zero attached hydrogens (tertiary/aromatic N) is 1. The minimum atomic E-state index is 0.192. The van der Waals surface area contributed by atoms with Crippen molar-refractivity contribution >= 4 is 5.69 Å². The van der Waals surface area contributed by atoms with Gasteiger partial charge in [-0.2, -0.15) is 0 Å². The Balaban J connectivity index is 1.97. The van der Waals surface area contributed by atoms with Crippen LogP contribution in [-0.4, -0.2) is 50.4 Å². The fourth-order valence-electron chi connectivity index (χ4n) is 2.96. The fourth-order valence-corrected chi connectivity index (χ4v) is 2.96. The summed E-state index contributed by atoms with van der Waals surface area (Å²) in [5.41, 5.74) is 1.10. The van der Waals surface area contributed by atoms with Gasteiger partial charge >= 0.3 is 0 Å². The molecular formula is C17H28N2O2. The Morgan fingerprint density at radius 3 is 2.81 bits per heavy atom. The summed E-state index contributed by atoms with van der Waals surface area (Å²) < 4.78 is 11.4. The highest BCUT2D eigenvalue weighted by molar-refractivity contribution is 5.57. The first-order chi connectivity index (χ1) is 10.3. The van der Waals surface area contributed by atoms with Crippen LogP contribution in [0.3, 0.4) is 0 Å². The van der Waals surface area contributed by atoms with Crippen molar-refractivity contribution in [3.05, 3.63) is 24.3 Å². The van der Waals surface area contributed by atoms with Crippen molar-refractivity contribution in [3.8, 4) is 5.75 Å². The van der Waals surface area contributed by atoms with Crippen LogP contribution in [0.15, 0.2) is 24.3 Å². The van der Waals surface area contributed by atoms with Crippen LogP contribution in [0.2, 0.25) is 0 Å². The van der Waals surface area contributed by atoms with Gasteiger partial charge in [-0.1, -0.05) is 26.0 Å². The Morgan fingerprint density at radius 2 is 2.10 bits per heavy atom. The van der Waals surface area contributed by atoms with Crippen molar-refractivity contribution < 1.29 is 9.47 Å². The van der Waals surface area contributed by atoms with Crippen molar-refractivity contribution in [3.63, 3.8) is 0 Å². The van der Waals surface area contributed by atoms with Gasteiger partial charge in [0.1, 0.15) is 11.9 Å². The number of benzene rings is 1. The molecule has 0 amide bonds. The number of fused-ring (bicyclic) bond motifs is 1. The van der Waals surface area contributed by atoms with E-state index in [9.17, 15) is 0 Å². The van der Waals surface area contributed by atoms with E-state index >= 15 is 0 Å². The van der Waals surface area contributed by atoms with Crippen LogP contribution in [0.5, 0.6) is 5.75 Å². The third-order valence-electron chi connectivity index (χ3n) is 4.18. The van der Waals surface area contributed by atoms with Crippen LogP contribution in [0.4, 0.5) is 5.69 Å². The number of hydrogen-bond acceptors (Lipinski definition) is 4. The molecule has 0 radical (unpaired) electrons. The Labute approximate surface area is 128 Å². The summed E-state index contributed by atoms with van der Waals surface area (Å²) in [6, 6.07) is 8.75. The number of ether oxygens (including phenoxy) is 2. The molecule has 4 nitrogen and oxygen atoms in total. The summed E-state index contributed by atoms with van der Waals surface area (Å²) in [5.74, 6) is 0.963. The van der Waals surface area contributed by atoms with Crippen molar-refractivity contribution in [2.45, 2.75) is 38.8 Å². The summed E-state index contributed by atoms with van der Waals surface area (Å²) in [4.78, 5) is 2.50. The highest BCUT2D eigenvalue weighted by Gasteiger charge is 2.24. The van der Waals surface area contributed by atoms with Crippen LogP contribution in [0.25, 0.3) is 0 Å². The Bertz CT molecular complexity index is 421. The molecule has 1 unspecified atom stereocenters. The molecule has 1 aromatic rings. The summed E-state index contributed by atoms with van der Waals surface area (Å²) in [7, 11) is 1.76. The lowest BCUT2D eigenvalue weighted by Gasteiger charge is -2.35. The van der Waals surface area contributed by atoms with Crippen LogP contribution in [0, 0.1) is 0 Å². The van der Waals surface area contributed by atoms with Gasteiger partial charge in [-0.15, -0.1) is 0 Å². The van der Waals surface area contributed by atoms with Crippen molar-refractivity contribution in [2.75, 3.05) is 38.7 Å². The van der Waals surface area contributed by atoms with E-state index in [4.69, 9.17) is 9.47 Å². The second-order valence-electron chi connectivity index (χ2n) is 5.57. The number of nitrogens with one attached hydrogen (secondary N) is 1. The average Bonchev–Trinajstić information content (AvgIpc) is 2.53. The third kappa shape index (κ3) is 4.35. The first-order valence-corrected chi connectivity index (χ1v) is 8.01. The molecule has 0 aliphatic carbocycles. The lowest BCUT2D eigenvalue weighted by atomic mass is 10.1. The SMILES string of the molecule is CCC(CC)N(CCOC)CC1CNc2ccccc2O1. The van der Waals surface area contributed by atoms with E-state index < -0.39 is 0 Å². The van der Waals surface area contributed by atoms with Crippen LogP contribution >= 0.6 is 0 Å². The van der Waals surface area contributed by atoms with Gasteiger partial charge in [0.05, 0.1) is 18.8 Å². The Hall–Kier alpha value is -1.26. The standard InChI is InChI=1S/C17H28N2O2/c1-4-14(5-2)19(10-11-20-3)13-15-12-18-16-8-6-7-9-17(16)21-15/h6-9,14-15,18H,4-5,10-13H2,1-3H3. The predicted octanol–water partition coefficient (Wildman–Crippen LogP) is 3.00. The second-order valence-corrected chi connectivity index (χ2v) is 5.57. The zero-order chi connectivity index (χ0) is 15.1. The summed E-state index contributed by atoms with van der Waals surface area (Å²) in [6.45, 7) is 8.04. The molecule has 1 atom stereocenters. The lowest BCUT2D eigenvalue weighted by molar-refractivity contribution is 0.0735. The van der Waals surface area contributed by atoms with Gasteiger partial charge in [-0.3, -0.25) is 4.90 Å². The molecule has 21 heavy (non-hydrogen) atoms. The molecule has 118 valence electrons. The first kappa shape index (κ1) is 16.1. The molecule has 0 saturated heterocycles. The van der Waals surface area contributed by atoms with E-state index in [1.54, 1.807) is 7.11 Å². The Morgan fingerprint density at radius 1 is 1.33 bits per heavy atom. The normalized spacial score (nSPS) is 17.5. The first-order valence-electron chi connectivity index (χ1n) is 8.01. The molecule has 1 N–H and O–H groups in total. The third-order valence-corrected chi connectivity index (χ3v) is 4.18. The quantitative estimate of drug-likeness (QED) is 0.798. The summed E-state index contributed by atoms with van der Waals surface area (Å²) in [5, 5.41) is 3.47. The molecule has 1 heterocycles. The maximum absolute atomic E-state index is 6.14. The smallest absolute Gasteiger partial charge is 0.142 e. The molecule has 0 bridgehead atoms. The molecule has 1 aromatic carbocycles. The minimum absolute atomic E-state index is 0.192. The molecule has 0 spiro atoms. The number of para-hydroxylation sites is 2. The van der Waals surface area contributed by atoms with Gasteiger partial charge < -0.3 is 14.8 Å². The predicted molar refractivity (Wildman–Crippen MR) is 87.2 cm³/mol. The molecule has 0 saturated carbocycles. The number of anilines is 1. The molecule has 4 heteroatoms. The maximum Gasteiger partial charge on any atom is 0.142 e. The van der Waals surface area contributed by atoms with Crippen molar-refractivity contribution in [1.29, 1.82) is 0 Å². The zero-order valence-electron chi connectivity index (χ0n) is 13.5. The number of hydrogen-bond donors (Lipinski definition) is 1. The van der Waals surface area contributed by atoms with Gasteiger partial charge in [-0.25, -0.2) is 0 Å². The topological polar surface area (TPSA) is 33.7 Å². The maximum atomic E-state index is 6.14. The van der Waals surface area contributed by atoms with Gasteiger partial charge in [0.2, 0.25) is 0 Å². The molecular weight excluding hydrogens is 264 g/mol. The highest BCUT2D eigenvalue weighted by atomic mass is 16.5. The van der Waals surface area contributed by atoms with E-state index in [1.807, 2.05) is 18.2 Å². The average molecular weight is 292 g/mol. The molecule has 1 aliphatic rings. The lowest BCUT2D eigenvalue weighted by Crippen LogP contribution is -2.46. The summed E-state index contributed by atoms with van der Waals surface area (Å²) >= 11 is 0. The Kier molecular flexibility index (Phi) is 6.33. The molecule has 2 rings (SSSR count). The number of methoxy groups -OCH3 is 1.